The number of carbonyl (C=O) groups is 1. The Kier molecular flexibility index (Phi) is 4.57. The fraction of sp³-hybridized carbons (Fsp3) is 0.133. The van der Waals surface area contributed by atoms with Gasteiger partial charge in [0.2, 0.25) is 5.91 Å². The molecule has 0 aliphatic heterocycles. The fourth-order valence-corrected chi connectivity index (χ4v) is 3.68. The molecule has 1 amide bonds. The van der Waals surface area contributed by atoms with E-state index < -0.39 is 0 Å². The number of anilines is 1. The van der Waals surface area contributed by atoms with Crippen LogP contribution in [0.25, 0.3) is 11.0 Å². The predicted molar refractivity (Wildman–Crippen MR) is 94.1 cm³/mol. The third kappa shape index (κ3) is 3.50. The van der Waals surface area contributed by atoms with Gasteiger partial charge >= 0.3 is 0 Å². The average molecular weight is 363 g/mol. The molecule has 3 aromatic rings. The molecule has 0 saturated heterocycles. The Labute approximate surface area is 145 Å². The summed E-state index contributed by atoms with van der Waals surface area (Å²) in [4.78, 5) is 19.8. The van der Waals surface area contributed by atoms with Crippen LogP contribution in [0.1, 0.15) is 12.5 Å². The largest absolute Gasteiger partial charge is 0.333 e. The van der Waals surface area contributed by atoms with Crippen molar-refractivity contribution in [1.29, 1.82) is 5.26 Å². The number of nitrogens with zero attached hydrogens (tertiary/aromatic N) is 2. The number of hydrogen-bond donors (Lipinski definition) is 2. The van der Waals surface area contributed by atoms with E-state index in [1.807, 2.05) is 6.07 Å². The van der Waals surface area contributed by atoms with Gasteiger partial charge in [-0.25, -0.2) is 4.98 Å². The number of halogens is 1. The van der Waals surface area contributed by atoms with E-state index in [1.54, 1.807) is 30.5 Å². The van der Waals surface area contributed by atoms with Crippen molar-refractivity contribution >= 4 is 56.6 Å². The number of thiophene rings is 1. The van der Waals surface area contributed by atoms with Crippen LogP contribution in [0.5, 0.6) is 0 Å². The first kappa shape index (κ1) is 15.9. The molecule has 0 bridgehead atoms. The molecule has 5 nitrogen and oxygen atoms in total. The van der Waals surface area contributed by atoms with Gasteiger partial charge in [0.25, 0.3) is 0 Å². The molecular formula is C15H11ClN4OS2. The molecule has 2 heterocycles. The van der Waals surface area contributed by atoms with Crippen LogP contribution in [-0.4, -0.2) is 21.1 Å². The van der Waals surface area contributed by atoms with Crippen molar-refractivity contribution < 1.29 is 4.79 Å². The summed E-state index contributed by atoms with van der Waals surface area (Å²) in [6.07, 6.45) is 0. The quantitative estimate of drug-likeness (QED) is 0.679. The second kappa shape index (κ2) is 6.62. The molecule has 0 spiro atoms. The summed E-state index contributed by atoms with van der Waals surface area (Å²) < 4.78 is 0. The molecule has 2 N–H and O–H groups in total. The first-order chi connectivity index (χ1) is 11.1. The van der Waals surface area contributed by atoms with Gasteiger partial charge in [-0.2, -0.15) is 5.26 Å². The van der Waals surface area contributed by atoms with Gasteiger partial charge in [-0.05, 0) is 36.6 Å². The SMILES string of the molecule is CC(Sc1nc2ccc(Cl)cc2[nH]1)C(=O)Nc1sccc1C#N. The van der Waals surface area contributed by atoms with E-state index >= 15 is 0 Å². The van der Waals surface area contributed by atoms with Crippen molar-refractivity contribution in [2.75, 3.05) is 5.32 Å². The van der Waals surface area contributed by atoms with Crippen LogP contribution >= 0.6 is 34.7 Å². The Balaban J connectivity index is 1.71. The number of aromatic amines is 1. The Bertz CT molecular complexity index is 912. The minimum atomic E-state index is -0.361. The molecule has 0 aliphatic rings. The standard InChI is InChI=1S/C15H11ClN4OS2/c1-8(13(21)20-14-9(7-17)4-5-22-14)23-15-18-11-3-2-10(16)6-12(11)19-15/h2-6,8H,1H3,(H,18,19)(H,20,21). The molecule has 0 fully saturated rings. The van der Waals surface area contributed by atoms with E-state index in [0.29, 0.717) is 20.7 Å². The second-order valence-corrected chi connectivity index (χ2v) is 7.41. The van der Waals surface area contributed by atoms with E-state index in [9.17, 15) is 4.79 Å². The maximum atomic E-state index is 12.3. The first-order valence-electron chi connectivity index (χ1n) is 6.67. The number of rotatable bonds is 4. The highest BCUT2D eigenvalue weighted by atomic mass is 35.5. The number of thioether (sulfide) groups is 1. The Hall–Kier alpha value is -2.01. The van der Waals surface area contributed by atoms with Crippen molar-refractivity contribution in [3.05, 3.63) is 40.2 Å². The summed E-state index contributed by atoms with van der Waals surface area (Å²) >= 11 is 8.60. The molecule has 116 valence electrons. The Morgan fingerprint density at radius 1 is 1.52 bits per heavy atom. The van der Waals surface area contributed by atoms with Crippen molar-refractivity contribution in [3.8, 4) is 6.07 Å². The maximum absolute atomic E-state index is 12.3. The van der Waals surface area contributed by atoms with Gasteiger partial charge < -0.3 is 10.3 Å². The Morgan fingerprint density at radius 2 is 2.35 bits per heavy atom. The monoisotopic (exact) mass is 362 g/mol. The van der Waals surface area contributed by atoms with Crippen molar-refractivity contribution in [3.63, 3.8) is 0 Å². The highest BCUT2D eigenvalue weighted by molar-refractivity contribution is 8.00. The number of imidazole rings is 1. The number of carbonyl (C=O) groups excluding carboxylic acids is 1. The molecule has 2 aromatic heterocycles. The van der Waals surface area contributed by atoms with Crippen LogP contribution in [0.15, 0.2) is 34.8 Å². The summed E-state index contributed by atoms with van der Waals surface area (Å²) in [7, 11) is 0. The second-order valence-electron chi connectivity index (χ2n) is 4.73. The van der Waals surface area contributed by atoms with Crippen molar-refractivity contribution in [2.24, 2.45) is 0 Å². The minimum absolute atomic E-state index is 0.174. The zero-order valence-electron chi connectivity index (χ0n) is 12.0. The van der Waals surface area contributed by atoms with Gasteiger partial charge in [-0.1, -0.05) is 23.4 Å². The van der Waals surface area contributed by atoms with Crippen LogP contribution in [0.4, 0.5) is 5.00 Å². The number of hydrogen-bond acceptors (Lipinski definition) is 5. The summed E-state index contributed by atoms with van der Waals surface area (Å²) in [6.45, 7) is 1.79. The molecule has 1 unspecified atom stereocenters. The normalized spacial score (nSPS) is 12.0. The summed E-state index contributed by atoms with van der Waals surface area (Å²) in [6, 6.07) is 9.13. The molecule has 1 aromatic carbocycles. The van der Waals surface area contributed by atoms with Crippen LogP contribution in [0.3, 0.4) is 0 Å². The zero-order chi connectivity index (χ0) is 16.4. The molecular weight excluding hydrogens is 352 g/mol. The molecule has 1 atom stereocenters. The van der Waals surface area contributed by atoms with E-state index in [-0.39, 0.29) is 11.2 Å². The highest BCUT2D eigenvalue weighted by Gasteiger charge is 2.18. The lowest BCUT2D eigenvalue weighted by Crippen LogP contribution is -2.22. The van der Waals surface area contributed by atoms with E-state index in [0.717, 1.165) is 11.0 Å². The fourth-order valence-electron chi connectivity index (χ4n) is 1.94. The topological polar surface area (TPSA) is 81.6 Å². The summed E-state index contributed by atoms with van der Waals surface area (Å²) in [5.74, 6) is -0.174. The van der Waals surface area contributed by atoms with E-state index in [4.69, 9.17) is 16.9 Å². The lowest BCUT2D eigenvalue weighted by Gasteiger charge is -2.09. The number of nitrogens with one attached hydrogen (secondary N) is 2. The third-order valence-corrected chi connectivity index (χ3v) is 5.15. The first-order valence-corrected chi connectivity index (χ1v) is 8.81. The lowest BCUT2D eigenvalue weighted by atomic mass is 10.3. The predicted octanol–water partition coefficient (Wildman–Crippen LogP) is 4.27. The summed E-state index contributed by atoms with van der Waals surface area (Å²) in [5, 5.41) is 15.0. The van der Waals surface area contributed by atoms with Gasteiger partial charge in [0, 0.05) is 5.02 Å². The molecule has 8 heteroatoms. The number of benzene rings is 1. The van der Waals surface area contributed by atoms with Crippen LogP contribution in [-0.2, 0) is 4.79 Å². The van der Waals surface area contributed by atoms with Crippen molar-refractivity contribution in [2.45, 2.75) is 17.3 Å². The van der Waals surface area contributed by atoms with Gasteiger partial charge in [0.05, 0.1) is 21.8 Å². The van der Waals surface area contributed by atoms with Gasteiger partial charge in [0.15, 0.2) is 5.16 Å². The smallest absolute Gasteiger partial charge is 0.238 e. The number of fused-ring (bicyclic) bond motifs is 1. The van der Waals surface area contributed by atoms with Crippen LogP contribution in [0, 0.1) is 11.3 Å². The average Bonchev–Trinajstić information content (AvgIpc) is 3.12. The minimum Gasteiger partial charge on any atom is -0.333 e. The molecule has 0 radical (unpaired) electrons. The number of H-pyrrole nitrogens is 1. The molecule has 0 aliphatic carbocycles. The number of amides is 1. The van der Waals surface area contributed by atoms with Gasteiger partial charge in [-0.15, -0.1) is 11.3 Å². The Morgan fingerprint density at radius 3 is 3.13 bits per heavy atom. The molecule has 0 saturated carbocycles. The van der Waals surface area contributed by atoms with Crippen LogP contribution < -0.4 is 5.32 Å². The van der Waals surface area contributed by atoms with Gasteiger partial charge in [0.1, 0.15) is 11.1 Å². The number of nitriles is 1. The third-order valence-electron chi connectivity index (χ3n) is 3.10. The highest BCUT2D eigenvalue weighted by Crippen LogP contribution is 2.27. The van der Waals surface area contributed by atoms with E-state index in [2.05, 4.69) is 21.4 Å². The zero-order valence-corrected chi connectivity index (χ0v) is 14.4. The van der Waals surface area contributed by atoms with Crippen LogP contribution in [0.2, 0.25) is 5.02 Å². The number of aromatic nitrogens is 2. The van der Waals surface area contributed by atoms with Crippen molar-refractivity contribution in [1.82, 2.24) is 9.97 Å². The summed E-state index contributed by atoms with van der Waals surface area (Å²) in [5.41, 5.74) is 2.10. The van der Waals surface area contributed by atoms with Gasteiger partial charge in [-0.3, -0.25) is 4.79 Å². The molecule has 3 rings (SSSR count). The molecule has 23 heavy (non-hydrogen) atoms. The lowest BCUT2D eigenvalue weighted by molar-refractivity contribution is -0.115. The van der Waals surface area contributed by atoms with E-state index in [1.165, 1.54) is 23.1 Å². The maximum Gasteiger partial charge on any atom is 0.238 e.